The van der Waals surface area contributed by atoms with Crippen LogP contribution in [0.2, 0.25) is 0 Å². The van der Waals surface area contributed by atoms with Gasteiger partial charge in [-0.2, -0.15) is 0 Å². The second-order valence-corrected chi connectivity index (χ2v) is 7.02. The molecule has 0 N–H and O–H groups in total. The van der Waals surface area contributed by atoms with Gasteiger partial charge in [-0.25, -0.2) is 4.79 Å². The molecule has 4 rings (SSSR count). The molecule has 5 nitrogen and oxygen atoms in total. The van der Waals surface area contributed by atoms with Gasteiger partial charge < -0.3 is 9.15 Å². The Labute approximate surface area is 122 Å². The molecule has 1 aromatic rings. The van der Waals surface area contributed by atoms with Gasteiger partial charge in [-0.3, -0.25) is 9.69 Å². The first kappa shape index (κ1) is 12.7. The van der Waals surface area contributed by atoms with Gasteiger partial charge in [-0.15, -0.1) is 0 Å². The van der Waals surface area contributed by atoms with Crippen molar-refractivity contribution in [3.05, 3.63) is 35.4 Å². The molecule has 0 aromatic carbocycles. The fourth-order valence-electron chi connectivity index (χ4n) is 3.57. The molecular formula is C16H17NO4. The van der Waals surface area contributed by atoms with Crippen LogP contribution in [0.25, 0.3) is 0 Å². The molecule has 1 aliphatic heterocycles. The van der Waals surface area contributed by atoms with E-state index < -0.39 is 5.60 Å². The maximum Gasteiger partial charge on any atom is 0.414 e. The van der Waals surface area contributed by atoms with E-state index >= 15 is 0 Å². The molecular weight excluding hydrogens is 270 g/mol. The summed E-state index contributed by atoms with van der Waals surface area (Å²) in [5.74, 6) is 0.954. The molecule has 1 spiro atoms. The summed E-state index contributed by atoms with van der Waals surface area (Å²) in [6.45, 7) is 6.10. The van der Waals surface area contributed by atoms with Gasteiger partial charge in [0.2, 0.25) is 0 Å². The van der Waals surface area contributed by atoms with Crippen LogP contribution < -0.4 is 0 Å². The van der Waals surface area contributed by atoms with Crippen molar-refractivity contribution in [2.24, 2.45) is 5.92 Å². The van der Waals surface area contributed by atoms with Gasteiger partial charge in [0, 0.05) is 18.3 Å². The standard InChI is InChI=1S/C16H17NO4/c1-15(2,3)21-14(19)17-8-9-7-16(9)12(17)6-11(18)10-4-5-20-13(10)16/h4-6,9H,7-8H2,1-3H3. The quantitative estimate of drug-likeness (QED) is 0.736. The number of amides is 1. The van der Waals surface area contributed by atoms with E-state index in [0.717, 1.165) is 17.9 Å². The van der Waals surface area contributed by atoms with Crippen molar-refractivity contribution in [1.29, 1.82) is 0 Å². The monoisotopic (exact) mass is 287 g/mol. The number of carbonyl (C=O) groups is 2. The summed E-state index contributed by atoms with van der Waals surface area (Å²) < 4.78 is 11.0. The predicted octanol–water partition coefficient (Wildman–Crippen LogP) is 2.87. The number of fused-ring (bicyclic) bond motifs is 1. The van der Waals surface area contributed by atoms with Crippen molar-refractivity contribution < 1.29 is 18.7 Å². The highest BCUT2D eigenvalue weighted by Crippen LogP contribution is 2.66. The Morgan fingerprint density at radius 3 is 2.95 bits per heavy atom. The van der Waals surface area contributed by atoms with E-state index in [-0.39, 0.29) is 17.3 Å². The lowest BCUT2D eigenvalue weighted by Crippen LogP contribution is -2.37. The fraction of sp³-hybridized carbons (Fsp3) is 0.500. The summed E-state index contributed by atoms with van der Waals surface area (Å²) in [7, 11) is 0. The zero-order chi connectivity index (χ0) is 15.0. The minimum absolute atomic E-state index is 0.0968. The fourth-order valence-corrected chi connectivity index (χ4v) is 3.57. The number of likely N-dealkylation sites (tertiary alicyclic amines) is 1. The van der Waals surface area contributed by atoms with Gasteiger partial charge in [-0.05, 0) is 39.2 Å². The summed E-state index contributed by atoms with van der Waals surface area (Å²) in [4.78, 5) is 26.1. The van der Waals surface area contributed by atoms with Crippen LogP contribution in [0, 0.1) is 5.92 Å². The Morgan fingerprint density at radius 2 is 2.24 bits per heavy atom. The molecule has 2 heterocycles. The highest BCUT2D eigenvalue weighted by Gasteiger charge is 2.69. The molecule has 21 heavy (non-hydrogen) atoms. The normalized spacial score (nSPS) is 29.5. The van der Waals surface area contributed by atoms with E-state index in [0.29, 0.717) is 18.0 Å². The van der Waals surface area contributed by atoms with Crippen LogP contribution in [-0.4, -0.2) is 28.9 Å². The number of nitrogens with zero attached hydrogens (tertiary/aromatic N) is 1. The molecule has 5 heteroatoms. The van der Waals surface area contributed by atoms with Crippen molar-refractivity contribution in [2.45, 2.75) is 38.2 Å². The molecule has 2 unspecified atom stereocenters. The number of allylic oxidation sites excluding steroid dienone is 2. The molecule has 2 fully saturated rings. The number of ketones is 1. The molecule has 1 saturated carbocycles. The molecule has 2 aliphatic carbocycles. The topological polar surface area (TPSA) is 59.8 Å². The summed E-state index contributed by atoms with van der Waals surface area (Å²) in [5, 5.41) is 0. The molecule has 3 aliphatic rings. The summed E-state index contributed by atoms with van der Waals surface area (Å²) in [6.07, 6.45) is 3.68. The zero-order valence-electron chi connectivity index (χ0n) is 12.3. The average molecular weight is 287 g/mol. The smallest absolute Gasteiger partial charge is 0.414 e. The molecule has 2 atom stereocenters. The average Bonchev–Trinajstić information content (AvgIpc) is 2.76. The van der Waals surface area contributed by atoms with Crippen LogP contribution in [0.15, 0.2) is 28.5 Å². The van der Waals surface area contributed by atoms with Gasteiger partial charge in [0.05, 0.1) is 17.2 Å². The van der Waals surface area contributed by atoms with Gasteiger partial charge >= 0.3 is 6.09 Å². The first-order valence-electron chi connectivity index (χ1n) is 7.18. The number of piperidine rings is 1. The summed E-state index contributed by atoms with van der Waals surface area (Å²) in [6, 6.07) is 1.71. The Bertz CT molecular complexity index is 693. The summed E-state index contributed by atoms with van der Waals surface area (Å²) >= 11 is 0. The zero-order valence-corrected chi connectivity index (χ0v) is 12.3. The molecule has 110 valence electrons. The third-order valence-electron chi connectivity index (χ3n) is 4.47. The number of hydrogen-bond donors (Lipinski definition) is 0. The van der Waals surface area contributed by atoms with Crippen LogP contribution in [0.4, 0.5) is 4.79 Å². The second kappa shape index (κ2) is 3.59. The maximum atomic E-state index is 12.4. The van der Waals surface area contributed by atoms with Crippen LogP contribution in [0.3, 0.4) is 0 Å². The minimum Gasteiger partial charge on any atom is -0.468 e. The number of hydrogen-bond acceptors (Lipinski definition) is 4. The lowest BCUT2D eigenvalue weighted by atomic mass is 9.88. The van der Waals surface area contributed by atoms with E-state index in [1.165, 1.54) is 0 Å². The van der Waals surface area contributed by atoms with Crippen molar-refractivity contribution >= 4 is 11.9 Å². The second-order valence-electron chi connectivity index (χ2n) is 7.02. The van der Waals surface area contributed by atoms with Gasteiger partial charge in [0.1, 0.15) is 11.4 Å². The van der Waals surface area contributed by atoms with E-state index in [1.807, 2.05) is 20.8 Å². The Balaban J connectivity index is 1.72. The molecule has 1 saturated heterocycles. The van der Waals surface area contributed by atoms with E-state index in [1.54, 1.807) is 23.3 Å². The number of rotatable bonds is 0. The lowest BCUT2D eigenvalue weighted by Gasteiger charge is -2.29. The highest BCUT2D eigenvalue weighted by atomic mass is 16.6. The Hall–Kier alpha value is -2.04. The minimum atomic E-state index is -0.549. The van der Waals surface area contributed by atoms with Crippen molar-refractivity contribution in [2.75, 3.05) is 6.54 Å². The van der Waals surface area contributed by atoms with Crippen molar-refractivity contribution in [3.8, 4) is 0 Å². The number of furan rings is 1. The van der Waals surface area contributed by atoms with Gasteiger partial charge in [-0.1, -0.05) is 0 Å². The van der Waals surface area contributed by atoms with Crippen molar-refractivity contribution in [3.63, 3.8) is 0 Å². The summed E-state index contributed by atoms with van der Waals surface area (Å²) in [5.41, 5.74) is 0.553. The molecule has 1 aromatic heterocycles. The number of carbonyl (C=O) groups excluding carboxylic acids is 2. The Morgan fingerprint density at radius 1 is 1.48 bits per heavy atom. The van der Waals surface area contributed by atoms with Gasteiger partial charge in [0.25, 0.3) is 0 Å². The first-order valence-corrected chi connectivity index (χ1v) is 7.18. The largest absolute Gasteiger partial charge is 0.468 e. The van der Waals surface area contributed by atoms with Gasteiger partial charge in [0.15, 0.2) is 5.78 Å². The Kier molecular flexibility index (Phi) is 2.17. The SMILES string of the molecule is CC(C)(C)OC(=O)N1CC2CC23C1=CC(=O)c1ccoc13. The van der Waals surface area contributed by atoms with Crippen LogP contribution >= 0.6 is 0 Å². The van der Waals surface area contributed by atoms with E-state index in [4.69, 9.17) is 9.15 Å². The molecule has 0 bridgehead atoms. The third-order valence-corrected chi connectivity index (χ3v) is 4.47. The first-order chi connectivity index (χ1) is 9.83. The van der Waals surface area contributed by atoms with Crippen LogP contribution in [0.1, 0.15) is 43.3 Å². The highest BCUT2D eigenvalue weighted by molar-refractivity contribution is 6.08. The van der Waals surface area contributed by atoms with Crippen LogP contribution in [0.5, 0.6) is 0 Å². The van der Waals surface area contributed by atoms with Crippen molar-refractivity contribution in [1.82, 2.24) is 4.90 Å². The van der Waals surface area contributed by atoms with E-state index in [9.17, 15) is 9.59 Å². The van der Waals surface area contributed by atoms with Crippen LogP contribution in [-0.2, 0) is 10.2 Å². The lowest BCUT2D eigenvalue weighted by molar-refractivity contribution is 0.0321. The number of ether oxygens (including phenoxy) is 1. The molecule has 0 radical (unpaired) electrons. The predicted molar refractivity (Wildman–Crippen MR) is 73.8 cm³/mol. The molecule has 1 amide bonds. The maximum absolute atomic E-state index is 12.4. The third kappa shape index (κ3) is 1.57. The van der Waals surface area contributed by atoms with E-state index in [2.05, 4.69) is 0 Å².